The topological polar surface area (TPSA) is 59.8 Å². The molecule has 0 spiro atoms. The van der Waals surface area contributed by atoms with Crippen LogP contribution in [-0.4, -0.2) is 26.4 Å². The van der Waals surface area contributed by atoms with Crippen LogP contribution in [0.3, 0.4) is 0 Å². The molecule has 0 aliphatic heterocycles. The van der Waals surface area contributed by atoms with E-state index >= 15 is 0 Å². The van der Waals surface area contributed by atoms with Gasteiger partial charge in [-0.25, -0.2) is 4.39 Å². The number of carbonyl (C=O) groups is 1. The molecule has 1 aromatic heterocycles. The Kier molecular flexibility index (Phi) is 5.90. The van der Waals surface area contributed by atoms with Crippen molar-refractivity contribution in [3.05, 3.63) is 59.4 Å². The van der Waals surface area contributed by atoms with Crippen molar-refractivity contribution in [3.8, 4) is 11.4 Å². The molecule has 3 rings (SSSR count). The third kappa shape index (κ3) is 4.23. The Hall–Kier alpha value is -2.38. The molecule has 0 saturated heterocycles. The van der Waals surface area contributed by atoms with Crippen LogP contribution in [-0.2, 0) is 11.3 Å². The van der Waals surface area contributed by atoms with Crippen LogP contribution in [0.1, 0.15) is 6.92 Å². The highest BCUT2D eigenvalue weighted by molar-refractivity contribution is 7.99. The van der Waals surface area contributed by atoms with Gasteiger partial charge in [-0.15, -0.1) is 10.2 Å². The Morgan fingerprint density at radius 2 is 2.04 bits per heavy atom. The monoisotopic (exact) mass is 390 g/mol. The average Bonchev–Trinajstić information content (AvgIpc) is 3.05. The number of anilines is 1. The Morgan fingerprint density at radius 1 is 1.23 bits per heavy atom. The van der Waals surface area contributed by atoms with Gasteiger partial charge in [0.05, 0.1) is 11.4 Å². The first-order valence-electron chi connectivity index (χ1n) is 7.94. The average molecular weight is 391 g/mol. The minimum atomic E-state index is -0.467. The van der Waals surface area contributed by atoms with Gasteiger partial charge in [0, 0.05) is 17.1 Å². The Labute approximate surface area is 159 Å². The van der Waals surface area contributed by atoms with E-state index in [0.29, 0.717) is 22.5 Å². The van der Waals surface area contributed by atoms with Gasteiger partial charge >= 0.3 is 0 Å². The van der Waals surface area contributed by atoms with Crippen molar-refractivity contribution >= 4 is 35.0 Å². The first kappa shape index (κ1) is 18.4. The summed E-state index contributed by atoms with van der Waals surface area (Å²) in [4.78, 5) is 12.1. The third-order valence-electron chi connectivity index (χ3n) is 3.60. The fourth-order valence-corrected chi connectivity index (χ4v) is 3.39. The number of rotatable bonds is 6. The summed E-state index contributed by atoms with van der Waals surface area (Å²) >= 11 is 7.29. The van der Waals surface area contributed by atoms with E-state index in [2.05, 4.69) is 15.5 Å². The number of amides is 1. The van der Waals surface area contributed by atoms with Gasteiger partial charge in [-0.2, -0.15) is 0 Å². The maximum absolute atomic E-state index is 13.6. The number of benzene rings is 2. The van der Waals surface area contributed by atoms with Crippen molar-refractivity contribution in [1.29, 1.82) is 0 Å². The van der Waals surface area contributed by atoms with Crippen molar-refractivity contribution < 1.29 is 9.18 Å². The summed E-state index contributed by atoms with van der Waals surface area (Å²) < 4.78 is 15.5. The van der Waals surface area contributed by atoms with E-state index in [1.807, 2.05) is 29.7 Å². The largest absolute Gasteiger partial charge is 0.323 e. The van der Waals surface area contributed by atoms with Crippen LogP contribution in [0.2, 0.25) is 5.02 Å². The van der Waals surface area contributed by atoms with Crippen LogP contribution in [0.5, 0.6) is 0 Å². The predicted octanol–water partition coefficient (Wildman–Crippen LogP) is 4.49. The summed E-state index contributed by atoms with van der Waals surface area (Å²) in [6.07, 6.45) is 0. The maximum Gasteiger partial charge on any atom is 0.234 e. The Balaban J connectivity index is 1.71. The van der Waals surface area contributed by atoms with E-state index in [-0.39, 0.29) is 17.3 Å². The number of thioether (sulfide) groups is 1. The van der Waals surface area contributed by atoms with Crippen LogP contribution in [0.25, 0.3) is 11.4 Å². The zero-order chi connectivity index (χ0) is 18.5. The lowest BCUT2D eigenvalue weighted by atomic mass is 10.2. The number of nitrogens with one attached hydrogen (secondary N) is 1. The van der Waals surface area contributed by atoms with E-state index in [9.17, 15) is 9.18 Å². The van der Waals surface area contributed by atoms with Crippen LogP contribution in [0, 0.1) is 5.82 Å². The molecule has 0 aliphatic carbocycles. The van der Waals surface area contributed by atoms with Gasteiger partial charge in [0.15, 0.2) is 11.0 Å². The maximum atomic E-state index is 13.6. The van der Waals surface area contributed by atoms with Crippen LogP contribution < -0.4 is 5.32 Å². The first-order chi connectivity index (χ1) is 12.6. The molecule has 0 fully saturated rings. The van der Waals surface area contributed by atoms with Gasteiger partial charge in [-0.05, 0) is 31.2 Å². The van der Waals surface area contributed by atoms with Gasteiger partial charge in [-0.3, -0.25) is 4.79 Å². The summed E-state index contributed by atoms with van der Waals surface area (Å²) in [6, 6.07) is 13.4. The molecule has 1 amide bonds. The van der Waals surface area contributed by atoms with E-state index in [1.165, 1.54) is 23.9 Å². The van der Waals surface area contributed by atoms with Gasteiger partial charge in [0.25, 0.3) is 0 Å². The van der Waals surface area contributed by atoms with E-state index < -0.39 is 5.82 Å². The number of nitrogens with zero attached hydrogens (tertiary/aromatic N) is 3. The molecule has 3 aromatic rings. The highest BCUT2D eigenvalue weighted by atomic mass is 35.5. The lowest BCUT2D eigenvalue weighted by Crippen LogP contribution is -2.15. The Morgan fingerprint density at radius 3 is 2.77 bits per heavy atom. The molecule has 0 radical (unpaired) electrons. The minimum absolute atomic E-state index is 0.0992. The molecule has 134 valence electrons. The van der Waals surface area contributed by atoms with Crippen LogP contribution in [0.4, 0.5) is 10.1 Å². The molecule has 0 aliphatic rings. The van der Waals surface area contributed by atoms with E-state index in [4.69, 9.17) is 11.6 Å². The number of halogens is 2. The normalized spacial score (nSPS) is 10.7. The zero-order valence-corrected chi connectivity index (χ0v) is 15.5. The van der Waals surface area contributed by atoms with Crippen molar-refractivity contribution in [2.45, 2.75) is 18.6 Å². The molecule has 0 saturated carbocycles. The molecule has 0 bridgehead atoms. The molecule has 0 unspecified atom stereocenters. The molecule has 0 atom stereocenters. The number of aromatic nitrogens is 3. The summed E-state index contributed by atoms with van der Waals surface area (Å²) in [5.74, 6) is 0.00930. The Bertz CT molecular complexity index is 931. The number of carbonyl (C=O) groups excluding carboxylic acids is 1. The lowest BCUT2D eigenvalue weighted by Gasteiger charge is -2.08. The molecular weight excluding hydrogens is 375 g/mol. The number of hydrogen-bond acceptors (Lipinski definition) is 4. The lowest BCUT2D eigenvalue weighted by molar-refractivity contribution is -0.113. The molecule has 5 nitrogen and oxygen atoms in total. The number of hydrogen-bond donors (Lipinski definition) is 1. The second-order valence-electron chi connectivity index (χ2n) is 5.38. The van der Waals surface area contributed by atoms with Gasteiger partial charge in [0.1, 0.15) is 5.82 Å². The summed E-state index contributed by atoms with van der Waals surface area (Å²) in [7, 11) is 0. The summed E-state index contributed by atoms with van der Waals surface area (Å²) in [5, 5.41) is 12.2. The SMILES string of the molecule is CCn1c(SCC(=O)Nc2ccccc2F)nnc1-c1cccc(Cl)c1. The van der Waals surface area contributed by atoms with Gasteiger partial charge < -0.3 is 9.88 Å². The van der Waals surface area contributed by atoms with Crippen LogP contribution >= 0.6 is 23.4 Å². The van der Waals surface area contributed by atoms with Gasteiger partial charge in [-0.1, -0.05) is 47.6 Å². The van der Waals surface area contributed by atoms with Crippen LogP contribution in [0.15, 0.2) is 53.7 Å². The highest BCUT2D eigenvalue weighted by Gasteiger charge is 2.15. The van der Waals surface area contributed by atoms with Crippen molar-refractivity contribution in [3.63, 3.8) is 0 Å². The molecule has 26 heavy (non-hydrogen) atoms. The second-order valence-corrected chi connectivity index (χ2v) is 6.76. The second kappa shape index (κ2) is 8.33. The first-order valence-corrected chi connectivity index (χ1v) is 9.31. The molecule has 2 aromatic carbocycles. The standard InChI is InChI=1S/C18H16ClFN4OS/c1-2-24-17(12-6-5-7-13(19)10-12)22-23-18(24)26-11-16(25)21-15-9-4-3-8-14(15)20/h3-10H,2,11H2,1H3,(H,21,25). The van der Waals surface area contributed by atoms with E-state index in [1.54, 1.807) is 18.2 Å². The van der Waals surface area contributed by atoms with Crippen molar-refractivity contribution in [2.75, 3.05) is 11.1 Å². The van der Waals surface area contributed by atoms with Crippen molar-refractivity contribution in [1.82, 2.24) is 14.8 Å². The molecular formula is C18H16ClFN4OS. The van der Waals surface area contributed by atoms with Gasteiger partial charge in [0.2, 0.25) is 5.91 Å². The fourth-order valence-electron chi connectivity index (χ4n) is 2.40. The van der Waals surface area contributed by atoms with E-state index in [0.717, 1.165) is 5.56 Å². The zero-order valence-electron chi connectivity index (χ0n) is 13.9. The number of para-hydroxylation sites is 1. The third-order valence-corrected chi connectivity index (χ3v) is 4.80. The molecule has 1 heterocycles. The molecule has 8 heteroatoms. The highest BCUT2D eigenvalue weighted by Crippen LogP contribution is 2.26. The predicted molar refractivity (Wildman–Crippen MR) is 102 cm³/mol. The minimum Gasteiger partial charge on any atom is -0.323 e. The summed E-state index contributed by atoms with van der Waals surface area (Å²) in [5.41, 5.74) is 1.02. The quantitative estimate of drug-likeness (QED) is 0.630. The summed E-state index contributed by atoms with van der Waals surface area (Å²) in [6.45, 7) is 2.62. The smallest absolute Gasteiger partial charge is 0.234 e. The van der Waals surface area contributed by atoms with Crippen molar-refractivity contribution in [2.24, 2.45) is 0 Å². The fraction of sp³-hybridized carbons (Fsp3) is 0.167. The molecule has 1 N–H and O–H groups in total.